The topological polar surface area (TPSA) is 66.4 Å². The van der Waals surface area contributed by atoms with Crippen LogP contribution in [0.5, 0.6) is 34.5 Å². The first-order chi connectivity index (χ1) is 36.6. The molecule has 6 heteroatoms. The van der Waals surface area contributed by atoms with E-state index in [2.05, 4.69) is 65.0 Å². The van der Waals surface area contributed by atoms with Crippen LogP contribution in [0.1, 0.15) is 291 Å². The first-order valence-corrected chi connectivity index (χ1v) is 31.9. The number of aromatic hydroxyl groups is 1. The van der Waals surface area contributed by atoms with Crippen LogP contribution in [0.3, 0.4) is 0 Å². The summed E-state index contributed by atoms with van der Waals surface area (Å²) in [6.07, 6.45) is 50.1. The van der Waals surface area contributed by atoms with Crippen LogP contribution in [-0.4, -0.2) is 38.1 Å². The lowest BCUT2D eigenvalue weighted by Crippen LogP contribution is -2.04. The molecule has 4 rings (SSSR count). The highest BCUT2D eigenvalue weighted by atomic mass is 16.5. The Bertz CT molecular complexity index is 1950. The Hall–Kier alpha value is -3.54. The average molecular weight is 1030 g/mol. The fourth-order valence-electron chi connectivity index (χ4n) is 10.7. The van der Waals surface area contributed by atoms with E-state index in [1.165, 1.54) is 218 Å². The van der Waals surface area contributed by atoms with Gasteiger partial charge in [-0.2, -0.15) is 0 Å². The second kappa shape index (κ2) is 41.6. The van der Waals surface area contributed by atoms with Crippen molar-refractivity contribution in [2.75, 3.05) is 33.0 Å². The van der Waals surface area contributed by atoms with Gasteiger partial charge < -0.3 is 28.8 Å². The third-order valence-corrected chi connectivity index (χ3v) is 15.4. The summed E-state index contributed by atoms with van der Waals surface area (Å²) in [7, 11) is 0. The van der Waals surface area contributed by atoms with Crippen molar-refractivity contribution in [3.8, 4) is 34.5 Å². The Labute approximate surface area is 454 Å². The highest BCUT2D eigenvalue weighted by Crippen LogP contribution is 2.47. The Morgan fingerprint density at radius 3 is 0.595 bits per heavy atom. The summed E-state index contributed by atoms with van der Waals surface area (Å²) < 4.78 is 33.5. The fourth-order valence-corrected chi connectivity index (χ4v) is 10.7. The Kier molecular flexibility index (Phi) is 35.4. The van der Waals surface area contributed by atoms with Crippen molar-refractivity contribution in [2.24, 2.45) is 0 Å². The molecule has 0 aromatic heterocycles. The van der Waals surface area contributed by atoms with Crippen molar-refractivity contribution in [3.05, 3.63) is 36.4 Å². The Morgan fingerprint density at radius 2 is 0.378 bits per heavy atom. The lowest BCUT2D eigenvalue weighted by molar-refractivity contribution is 0.258. The zero-order valence-corrected chi connectivity index (χ0v) is 48.8. The van der Waals surface area contributed by atoms with E-state index in [1.54, 1.807) is 0 Å². The normalized spacial score (nSPS) is 11.6. The molecule has 0 bridgehead atoms. The number of hydrogen-bond donors (Lipinski definition) is 1. The first kappa shape index (κ1) is 63.0. The molecule has 0 aliphatic rings. The maximum atomic E-state index is 11.8. The van der Waals surface area contributed by atoms with E-state index in [4.69, 9.17) is 23.7 Å². The predicted octanol–water partition coefficient (Wildman–Crippen LogP) is 22.4. The lowest BCUT2D eigenvalue weighted by Gasteiger charge is -2.20. The van der Waals surface area contributed by atoms with E-state index in [9.17, 15) is 5.11 Å². The summed E-state index contributed by atoms with van der Waals surface area (Å²) in [5, 5.41) is 18.0. The summed E-state index contributed by atoms with van der Waals surface area (Å²) in [5.74, 6) is 3.89. The molecule has 74 heavy (non-hydrogen) atoms. The molecule has 4 aromatic carbocycles. The van der Waals surface area contributed by atoms with Gasteiger partial charge in [-0.1, -0.05) is 259 Å². The molecule has 0 saturated heterocycles. The van der Waals surface area contributed by atoms with E-state index in [0.717, 1.165) is 93.8 Å². The van der Waals surface area contributed by atoms with Crippen molar-refractivity contribution in [2.45, 2.75) is 291 Å². The largest absolute Gasteiger partial charge is 0.504 e. The van der Waals surface area contributed by atoms with Crippen molar-refractivity contribution in [1.82, 2.24) is 0 Å². The molecule has 4 aromatic rings. The van der Waals surface area contributed by atoms with E-state index in [-0.39, 0.29) is 5.75 Å². The van der Waals surface area contributed by atoms with Crippen LogP contribution in [0.25, 0.3) is 32.3 Å². The van der Waals surface area contributed by atoms with Crippen molar-refractivity contribution in [3.63, 3.8) is 0 Å². The van der Waals surface area contributed by atoms with Gasteiger partial charge in [0.1, 0.15) is 0 Å². The van der Waals surface area contributed by atoms with E-state index >= 15 is 0 Å². The average Bonchev–Trinajstić information content (AvgIpc) is 3.41. The smallest absolute Gasteiger partial charge is 0.161 e. The summed E-state index contributed by atoms with van der Waals surface area (Å²) in [5.41, 5.74) is 0. The zero-order valence-electron chi connectivity index (χ0n) is 48.8. The summed E-state index contributed by atoms with van der Waals surface area (Å²) in [4.78, 5) is 0. The monoisotopic (exact) mass is 1020 g/mol. The van der Waals surface area contributed by atoms with Gasteiger partial charge in [0.05, 0.1) is 33.0 Å². The molecule has 0 aliphatic carbocycles. The standard InChI is InChI=1S/C68H112O6/c1-6-11-16-21-26-31-36-41-46-70-64-52-58-57(51-63(64)69)59-53-65(71-47-42-37-32-27-22-17-12-7-2)67(73-49-44-39-34-29-24-19-14-9-4)55-61(59)62-56-68(74-50-45-40-35-30-25-20-15-10-5)66(54-60(58)62)72-48-43-38-33-28-23-18-13-8-3/h51-56,69H,6-50H2,1-5H3. The zero-order chi connectivity index (χ0) is 52.5. The predicted molar refractivity (Wildman–Crippen MR) is 321 cm³/mol. The van der Waals surface area contributed by atoms with Crippen molar-refractivity contribution < 1.29 is 28.8 Å². The molecular formula is C68H112O6. The van der Waals surface area contributed by atoms with Crippen LogP contribution in [-0.2, 0) is 0 Å². The molecule has 0 fully saturated rings. The van der Waals surface area contributed by atoms with Gasteiger partial charge in [-0.25, -0.2) is 0 Å². The van der Waals surface area contributed by atoms with Gasteiger partial charge in [0.15, 0.2) is 34.5 Å². The number of phenolic OH excluding ortho intramolecular Hbond substituents is 1. The van der Waals surface area contributed by atoms with Crippen LogP contribution < -0.4 is 23.7 Å². The van der Waals surface area contributed by atoms with Crippen LogP contribution in [0, 0.1) is 0 Å². The van der Waals surface area contributed by atoms with Gasteiger partial charge in [0.2, 0.25) is 0 Å². The third kappa shape index (κ3) is 25.1. The van der Waals surface area contributed by atoms with Gasteiger partial charge in [-0.3, -0.25) is 0 Å². The minimum atomic E-state index is 0.172. The SMILES string of the molecule is CCCCCCCCCCOc1cc2c(cc1O)c1cc(OCCCCCCCCCC)c(OCCCCCCCCCC)cc1c1cc(OCCCCCCCCCC)c(OCCCCCCCCCC)cc21. The van der Waals surface area contributed by atoms with Crippen molar-refractivity contribution in [1.29, 1.82) is 0 Å². The number of unbranched alkanes of at least 4 members (excludes halogenated alkanes) is 35. The first-order valence-electron chi connectivity index (χ1n) is 31.9. The molecule has 0 radical (unpaired) electrons. The highest BCUT2D eigenvalue weighted by Gasteiger charge is 2.20. The number of hydrogen-bond acceptors (Lipinski definition) is 6. The summed E-state index contributed by atoms with van der Waals surface area (Å²) >= 11 is 0. The molecule has 1 N–H and O–H groups in total. The molecular weight excluding hydrogens is 913 g/mol. The van der Waals surface area contributed by atoms with Gasteiger partial charge in [0, 0.05) is 0 Å². The lowest BCUT2D eigenvalue weighted by atomic mass is 9.93. The quantitative estimate of drug-likeness (QED) is 0.0351. The molecule has 0 atom stereocenters. The Morgan fingerprint density at radius 1 is 0.216 bits per heavy atom. The number of rotatable bonds is 50. The van der Waals surface area contributed by atoms with Gasteiger partial charge in [-0.05, 0) is 101 Å². The van der Waals surface area contributed by atoms with E-state index < -0.39 is 0 Å². The maximum Gasteiger partial charge on any atom is 0.161 e. The van der Waals surface area contributed by atoms with Crippen LogP contribution in [0.2, 0.25) is 0 Å². The molecule has 0 aliphatic heterocycles. The number of ether oxygens (including phenoxy) is 5. The Balaban J connectivity index is 1.72. The number of benzene rings is 4. The summed E-state index contributed by atoms with van der Waals surface area (Å²) in [6, 6.07) is 12.9. The van der Waals surface area contributed by atoms with Gasteiger partial charge in [0.25, 0.3) is 0 Å². The minimum absolute atomic E-state index is 0.172. The van der Waals surface area contributed by atoms with Crippen LogP contribution in [0.15, 0.2) is 36.4 Å². The summed E-state index contributed by atoms with van der Waals surface area (Å²) in [6.45, 7) is 14.6. The molecule has 0 unspecified atom stereocenters. The fraction of sp³-hybridized carbons (Fsp3) is 0.735. The molecule has 6 nitrogen and oxygen atoms in total. The second-order valence-corrected chi connectivity index (χ2v) is 22.2. The highest BCUT2D eigenvalue weighted by molar-refractivity contribution is 6.26. The van der Waals surface area contributed by atoms with E-state index in [1.807, 2.05) is 6.07 Å². The molecule has 420 valence electrons. The van der Waals surface area contributed by atoms with Gasteiger partial charge in [-0.15, -0.1) is 0 Å². The minimum Gasteiger partial charge on any atom is -0.504 e. The van der Waals surface area contributed by atoms with Crippen LogP contribution in [0.4, 0.5) is 0 Å². The number of fused-ring (bicyclic) bond motifs is 6. The molecule has 0 saturated carbocycles. The van der Waals surface area contributed by atoms with E-state index in [0.29, 0.717) is 38.8 Å². The van der Waals surface area contributed by atoms with Crippen LogP contribution >= 0.6 is 0 Å². The molecule has 0 amide bonds. The molecule has 0 heterocycles. The second-order valence-electron chi connectivity index (χ2n) is 22.2. The maximum absolute atomic E-state index is 11.8. The number of phenols is 1. The van der Waals surface area contributed by atoms with Gasteiger partial charge >= 0.3 is 0 Å². The molecule has 0 spiro atoms. The third-order valence-electron chi connectivity index (χ3n) is 15.4. The van der Waals surface area contributed by atoms with Crippen molar-refractivity contribution >= 4 is 32.3 Å².